The summed E-state index contributed by atoms with van der Waals surface area (Å²) in [6.45, 7) is 3.33. The lowest BCUT2D eigenvalue weighted by atomic mass is 10.1. The molecule has 1 heterocycles. The van der Waals surface area contributed by atoms with Gasteiger partial charge >= 0.3 is 5.97 Å². The van der Waals surface area contributed by atoms with Gasteiger partial charge in [0.25, 0.3) is 5.91 Å². The van der Waals surface area contributed by atoms with Gasteiger partial charge in [-0.1, -0.05) is 6.07 Å². The van der Waals surface area contributed by atoms with Crippen molar-refractivity contribution in [2.75, 3.05) is 6.61 Å². The summed E-state index contributed by atoms with van der Waals surface area (Å²) in [6, 6.07) is 4.84. The lowest BCUT2D eigenvalue weighted by Crippen LogP contribution is -2.37. The molecule has 3 rings (SSSR count). The Morgan fingerprint density at radius 3 is 2.83 bits per heavy atom. The Labute approximate surface area is 137 Å². The number of carbonyl (C=O) groups is 2. The highest BCUT2D eigenvalue weighted by Gasteiger charge is 2.29. The third kappa shape index (κ3) is 3.37. The van der Waals surface area contributed by atoms with Gasteiger partial charge in [0.1, 0.15) is 10.7 Å². The summed E-state index contributed by atoms with van der Waals surface area (Å²) in [5.41, 5.74) is 0.555. The molecule has 1 aromatic heterocycles. The Morgan fingerprint density at radius 1 is 1.43 bits per heavy atom. The van der Waals surface area contributed by atoms with Crippen molar-refractivity contribution in [3.63, 3.8) is 0 Å². The van der Waals surface area contributed by atoms with Crippen LogP contribution in [0.2, 0.25) is 0 Å². The third-order valence-electron chi connectivity index (χ3n) is 4.14. The number of aryl methyl sites for hydroxylation is 1. The molecular formula is C17H18FNO3S. The molecule has 0 aliphatic heterocycles. The van der Waals surface area contributed by atoms with Crippen LogP contribution in [-0.2, 0) is 9.53 Å². The molecule has 0 unspecified atom stereocenters. The molecule has 122 valence electrons. The Hall–Kier alpha value is -1.95. The summed E-state index contributed by atoms with van der Waals surface area (Å²) < 4.78 is 19.6. The van der Waals surface area contributed by atoms with Crippen LogP contribution >= 0.6 is 11.3 Å². The van der Waals surface area contributed by atoms with Crippen molar-refractivity contribution in [2.24, 2.45) is 5.92 Å². The summed E-state index contributed by atoms with van der Waals surface area (Å²) in [5.74, 6) is -0.700. The number of nitrogens with one attached hydrogen (secondary N) is 1. The van der Waals surface area contributed by atoms with E-state index in [2.05, 4.69) is 5.32 Å². The van der Waals surface area contributed by atoms with Gasteiger partial charge in [-0.15, -0.1) is 11.3 Å². The minimum Gasteiger partial charge on any atom is -0.451 e. The Kier molecular flexibility index (Phi) is 4.35. The average Bonchev–Trinajstić information content (AvgIpc) is 3.30. The molecule has 1 saturated carbocycles. The number of carbonyl (C=O) groups excluding carboxylic acids is 2. The molecule has 0 spiro atoms. The highest BCUT2D eigenvalue weighted by Crippen LogP contribution is 2.33. The van der Waals surface area contributed by atoms with E-state index in [1.54, 1.807) is 19.1 Å². The number of esters is 1. The molecule has 1 N–H and O–H groups in total. The first-order valence-corrected chi connectivity index (χ1v) is 8.43. The SMILES string of the molecule is Cc1c(C(=O)OCC(=O)N[C@@H](C)C2CC2)sc2cccc(F)c12. The number of amides is 1. The van der Waals surface area contributed by atoms with Crippen LogP contribution in [0.15, 0.2) is 18.2 Å². The standard InChI is InChI=1S/C17H18FNO3S/c1-9-15-12(18)4-3-5-13(15)23-16(9)17(21)22-8-14(20)19-10(2)11-6-7-11/h3-5,10-11H,6-8H2,1-2H3,(H,19,20)/t10-/m0/s1. The van der Waals surface area contributed by atoms with Crippen LogP contribution in [-0.4, -0.2) is 24.5 Å². The fraction of sp³-hybridized carbons (Fsp3) is 0.412. The van der Waals surface area contributed by atoms with E-state index < -0.39 is 5.97 Å². The first-order valence-electron chi connectivity index (χ1n) is 7.61. The van der Waals surface area contributed by atoms with Crippen LogP contribution in [0, 0.1) is 18.7 Å². The van der Waals surface area contributed by atoms with Crippen molar-refractivity contribution in [3.8, 4) is 0 Å². The number of fused-ring (bicyclic) bond motifs is 1. The van der Waals surface area contributed by atoms with Crippen molar-refractivity contribution >= 4 is 33.3 Å². The number of benzene rings is 1. The van der Waals surface area contributed by atoms with E-state index >= 15 is 0 Å². The normalized spacial score (nSPS) is 15.4. The number of ether oxygens (including phenoxy) is 1. The van der Waals surface area contributed by atoms with Gasteiger partial charge in [0.15, 0.2) is 6.61 Å². The maximum absolute atomic E-state index is 13.9. The lowest BCUT2D eigenvalue weighted by molar-refractivity contribution is -0.124. The molecule has 0 radical (unpaired) electrons. The van der Waals surface area contributed by atoms with Gasteiger partial charge in [-0.3, -0.25) is 4.79 Å². The molecule has 1 amide bonds. The molecule has 2 aromatic rings. The van der Waals surface area contributed by atoms with E-state index in [0.717, 1.165) is 12.8 Å². The van der Waals surface area contributed by atoms with Crippen LogP contribution in [0.1, 0.15) is 35.0 Å². The summed E-state index contributed by atoms with van der Waals surface area (Å²) in [5, 5.41) is 3.27. The molecule has 1 aliphatic carbocycles. The zero-order chi connectivity index (χ0) is 16.6. The lowest BCUT2D eigenvalue weighted by Gasteiger charge is -2.12. The van der Waals surface area contributed by atoms with Crippen LogP contribution in [0.3, 0.4) is 0 Å². The topological polar surface area (TPSA) is 55.4 Å². The first kappa shape index (κ1) is 15.9. The van der Waals surface area contributed by atoms with Gasteiger partial charge in [-0.2, -0.15) is 0 Å². The van der Waals surface area contributed by atoms with Crippen LogP contribution in [0.4, 0.5) is 4.39 Å². The zero-order valence-corrected chi connectivity index (χ0v) is 13.8. The second-order valence-electron chi connectivity index (χ2n) is 5.94. The maximum atomic E-state index is 13.9. The van der Waals surface area contributed by atoms with Gasteiger partial charge < -0.3 is 10.1 Å². The van der Waals surface area contributed by atoms with Gasteiger partial charge in [-0.25, -0.2) is 9.18 Å². The Balaban J connectivity index is 1.65. The molecule has 4 nitrogen and oxygen atoms in total. The fourth-order valence-electron chi connectivity index (χ4n) is 2.65. The Morgan fingerprint density at radius 2 is 2.17 bits per heavy atom. The van der Waals surface area contributed by atoms with E-state index in [1.807, 2.05) is 6.92 Å². The largest absolute Gasteiger partial charge is 0.451 e. The van der Waals surface area contributed by atoms with Gasteiger partial charge in [0.2, 0.25) is 0 Å². The molecule has 6 heteroatoms. The molecule has 1 atom stereocenters. The molecular weight excluding hydrogens is 317 g/mol. The summed E-state index contributed by atoms with van der Waals surface area (Å²) in [4.78, 5) is 24.3. The monoisotopic (exact) mass is 335 g/mol. The smallest absolute Gasteiger partial charge is 0.349 e. The average molecular weight is 335 g/mol. The third-order valence-corrected chi connectivity index (χ3v) is 5.38. The number of thiophene rings is 1. The molecule has 1 fully saturated rings. The highest BCUT2D eigenvalue weighted by molar-refractivity contribution is 7.21. The quantitative estimate of drug-likeness (QED) is 0.852. The number of hydrogen-bond donors (Lipinski definition) is 1. The number of hydrogen-bond acceptors (Lipinski definition) is 4. The molecule has 1 aromatic carbocycles. The van der Waals surface area contributed by atoms with Gasteiger partial charge in [-0.05, 0) is 50.3 Å². The van der Waals surface area contributed by atoms with E-state index in [4.69, 9.17) is 4.74 Å². The minimum atomic E-state index is -0.586. The van der Waals surface area contributed by atoms with Crippen molar-refractivity contribution in [3.05, 3.63) is 34.5 Å². The molecule has 1 aliphatic rings. The van der Waals surface area contributed by atoms with E-state index in [9.17, 15) is 14.0 Å². The van der Waals surface area contributed by atoms with E-state index in [-0.39, 0.29) is 24.4 Å². The predicted molar refractivity (Wildman–Crippen MR) is 87.1 cm³/mol. The minimum absolute atomic E-state index is 0.112. The van der Waals surface area contributed by atoms with Gasteiger partial charge in [0.05, 0.1) is 0 Å². The van der Waals surface area contributed by atoms with Crippen LogP contribution in [0.5, 0.6) is 0 Å². The predicted octanol–water partition coefficient (Wildman–Crippen LogP) is 3.42. The van der Waals surface area contributed by atoms with Crippen molar-refractivity contribution < 1.29 is 18.7 Å². The van der Waals surface area contributed by atoms with Crippen molar-refractivity contribution in [1.29, 1.82) is 0 Å². The first-order chi connectivity index (χ1) is 11.0. The van der Waals surface area contributed by atoms with Crippen molar-refractivity contribution in [2.45, 2.75) is 32.7 Å². The summed E-state index contributed by atoms with van der Waals surface area (Å²) in [6.07, 6.45) is 2.27. The highest BCUT2D eigenvalue weighted by atomic mass is 32.1. The summed E-state index contributed by atoms with van der Waals surface area (Å²) >= 11 is 1.18. The molecule has 0 bridgehead atoms. The second-order valence-corrected chi connectivity index (χ2v) is 6.99. The van der Waals surface area contributed by atoms with Crippen LogP contribution in [0.25, 0.3) is 10.1 Å². The summed E-state index contributed by atoms with van der Waals surface area (Å²) in [7, 11) is 0. The number of rotatable bonds is 5. The zero-order valence-electron chi connectivity index (χ0n) is 13.0. The maximum Gasteiger partial charge on any atom is 0.349 e. The fourth-order valence-corrected chi connectivity index (χ4v) is 3.77. The molecule has 0 saturated heterocycles. The van der Waals surface area contributed by atoms with E-state index in [0.29, 0.717) is 26.4 Å². The van der Waals surface area contributed by atoms with E-state index in [1.165, 1.54) is 17.4 Å². The second kappa shape index (κ2) is 6.28. The van der Waals surface area contributed by atoms with Gasteiger partial charge in [0, 0.05) is 16.1 Å². The van der Waals surface area contributed by atoms with Crippen molar-refractivity contribution in [1.82, 2.24) is 5.32 Å². The van der Waals surface area contributed by atoms with Crippen LogP contribution < -0.4 is 5.32 Å². The Bertz CT molecular complexity index is 767. The number of halogens is 1. The molecule has 23 heavy (non-hydrogen) atoms.